The van der Waals surface area contributed by atoms with Crippen LogP contribution in [-0.2, 0) is 9.53 Å². The molecule has 16 heavy (non-hydrogen) atoms. The number of methoxy groups -OCH3 is 1. The lowest BCUT2D eigenvalue weighted by Gasteiger charge is -2.26. The second-order valence-corrected chi connectivity index (χ2v) is 5.36. The molecule has 1 heterocycles. The molecule has 0 aromatic carbocycles. The van der Waals surface area contributed by atoms with Crippen molar-refractivity contribution in [2.75, 3.05) is 32.3 Å². The van der Waals surface area contributed by atoms with Crippen LogP contribution in [0.4, 0.5) is 0 Å². The van der Waals surface area contributed by atoms with E-state index in [2.05, 4.69) is 0 Å². The maximum atomic E-state index is 12.0. The van der Waals surface area contributed by atoms with Gasteiger partial charge in [-0.1, -0.05) is 0 Å². The summed E-state index contributed by atoms with van der Waals surface area (Å²) in [6.45, 7) is 0.671. The summed E-state index contributed by atoms with van der Waals surface area (Å²) in [4.78, 5) is 13.8. The van der Waals surface area contributed by atoms with Crippen LogP contribution in [-0.4, -0.2) is 55.2 Å². The van der Waals surface area contributed by atoms with Crippen LogP contribution >= 0.6 is 11.8 Å². The first-order chi connectivity index (χ1) is 7.66. The van der Waals surface area contributed by atoms with Gasteiger partial charge in [0.2, 0.25) is 5.91 Å². The van der Waals surface area contributed by atoms with Crippen LogP contribution in [0.3, 0.4) is 0 Å². The normalized spacial score (nSPS) is 22.1. The smallest absolute Gasteiger partial charge is 0.239 e. The minimum Gasteiger partial charge on any atom is -0.385 e. The molecule has 1 saturated heterocycles. The summed E-state index contributed by atoms with van der Waals surface area (Å²) in [5.74, 6) is 2.28. The average Bonchev–Trinajstić information content (AvgIpc) is 2.80. The predicted molar refractivity (Wildman–Crippen MR) is 67.6 cm³/mol. The van der Waals surface area contributed by atoms with Crippen LogP contribution in [0.1, 0.15) is 19.3 Å². The molecule has 0 spiro atoms. The molecule has 94 valence electrons. The molecule has 2 atom stereocenters. The van der Waals surface area contributed by atoms with Crippen LogP contribution in [0, 0.1) is 0 Å². The Kier molecular flexibility index (Phi) is 6.16. The van der Waals surface area contributed by atoms with Gasteiger partial charge in [-0.15, -0.1) is 0 Å². The van der Waals surface area contributed by atoms with Crippen LogP contribution in [0.2, 0.25) is 0 Å². The van der Waals surface area contributed by atoms with Gasteiger partial charge in [0.15, 0.2) is 0 Å². The third kappa shape index (κ3) is 3.96. The highest BCUT2D eigenvalue weighted by molar-refractivity contribution is 7.99. The third-order valence-corrected chi connectivity index (χ3v) is 4.13. The summed E-state index contributed by atoms with van der Waals surface area (Å²) in [5.41, 5.74) is 5.87. The number of nitrogens with two attached hydrogens (primary N) is 1. The van der Waals surface area contributed by atoms with E-state index in [9.17, 15) is 4.79 Å². The van der Waals surface area contributed by atoms with Gasteiger partial charge in [0.25, 0.3) is 0 Å². The zero-order chi connectivity index (χ0) is 12.0. The molecule has 5 heteroatoms. The van der Waals surface area contributed by atoms with Crippen molar-refractivity contribution in [1.82, 2.24) is 4.90 Å². The van der Waals surface area contributed by atoms with E-state index < -0.39 is 0 Å². The maximum Gasteiger partial charge on any atom is 0.239 e. The zero-order valence-electron chi connectivity index (χ0n) is 10.1. The van der Waals surface area contributed by atoms with E-state index in [1.165, 1.54) is 0 Å². The molecular formula is C11H22N2O2S. The summed E-state index contributed by atoms with van der Waals surface area (Å²) in [6.07, 6.45) is 2.64. The van der Waals surface area contributed by atoms with E-state index in [1.54, 1.807) is 7.11 Å². The van der Waals surface area contributed by atoms with Gasteiger partial charge in [-0.25, -0.2) is 0 Å². The van der Waals surface area contributed by atoms with Crippen molar-refractivity contribution in [3.8, 4) is 0 Å². The summed E-state index contributed by atoms with van der Waals surface area (Å²) >= 11 is 1.91. The number of likely N-dealkylation sites (N-methyl/N-ethyl adjacent to an activating group) is 1. The van der Waals surface area contributed by atoms with Gasteiger partial charge >= 0.3 is 0 Å². The second kappa shape index (κ2) is 7.14. The predicted octanol–water partition coefficient (Wildman–Crippen LogP) is 0.704. The highest BCUT2D eigenvalue weighted by Gasteiger charge is 2.26. The molecule has 2 unspecified atom stereocenters. The van der Waals surface area contributed by atoms with Crippen LogP contribution in [0.25, 0.3) is 0 Å². The summed E-state index contributed by atoms with van der Waals surface area (Å²) in [6, 6.07) is 0.0109. The van der Waals surface area contributed by atoms with Crippen molar-refractivity contribution in [2.24, 2.45) is 5.73 Å². The lowest BCUT2D eigenvalue weighted by molar-refractivity contribution is -0.133. The molecule has 0 saturated carbocycles. The number of hydrogen-bond acceptors (Lipinski definition) is 4. The number of ether oxygens (including phenoxy) is 1. The monoisotopic (exact) mass is 246 g/mol. The molecule has 2 N–H and O–H groups in total. The Bertz CT molecular complexity index is 220. The number of hydrogen-bond donors (Lipinski definition) is 1. The number of thioether (sulfide) groups is 1. The van der Waals surface area contributed by atoms with Crippen molar-refractivity contribution in [3.63, 3.8) is 0 Å². The molecule has 1 aliphatic heterocycles. The minimum atomic E-state index is -0.370. The van der Waals surface area contributed by atoms with Crippen molar-refractivity contribution in [1.29, 1.82) is 0 Å². The van der Waals surface area contributed by atoms with Crippen molar-refractivity contribution >= 4 is 17.7 Å². The fourth-order valence-corrected chi connectivity index (χ4v) is 3.11. The zero-order valence-corrected chi connectivity index (χ0v) is 11.0. The fourth-order valence-electron chi connectivity index (χ4n) is 1.84. The molecule has 0 aromatic heterocycles. The van der Waals surface area contributed by atoms with Crippen molar-refractivity contribution < 1.29 is 9.53 Å². The van der Waals surface area contributed by atoms with E-state index in [0.717, 1.165) is 24.3 Å². The molecular weight excluding hydrogens is 224 g/mol. The molecule has 1 fully saturated rings. The lowest BCUT2D eigenvalue weighted by atomic mass is 10.1. The Morgan fingerprint density at radius 1 is 1.69 bits per heavy atom. The summed E-state index contributed by atoms with van der Waals surface area (Å²) in [5, 5.41) is 0. The van der Waals surface area contributed by atoms with Gasteiger partial charge in [0.1, 0.15) is 0 Å². The van der Waals surface area contributed by atoms with Crippen LogP contribution < -0.4 is 5.73 Å². The molecule has 1 amide bonds. The van der Waals surface area contributed by atoms with Gasteiger partial charge in [-0.2, -0.15) is 11.8 Å². The summed E-state index contributed by atoms with van der Waals surface area (Å²) in [7, 11) is 3.53. The Morgan fingerprint density at radius 2 is 2.44 bits per heavy atom. The molecule has 0 aromatic rings. The van der Waals surface area contributed by atoms with Crippen molar-refractivity contribution in [2.45, 2.75) is 31.3 Å². The van der Waals surface area contributed by atoms with E-state index >= 15 is 0 Å². The third-order valence-electron chi connectivity index (χ3n) is 2.98. The van der Waals surface area contributed by atoms with Gasteiger partial charge < -0.3 is 15.4 Å². The quantitative estimate of drug-likeness (QED) is 0.701. The average molecular weight is 246 g/mol. The topological polar surface area (TPSA) is 55.6 Å². The number of carbonyl (C=O) groups excluding carboxylic acids is 1. The first kappa shape index (κ1) is 13.8. The molecule has 4 nitrogen and oxygen atoms in total. The van der Waals surface area contributed by atoms with E-state index in [0.29, 0.717) is 19.1 Å². The first-order valence-corrected chi connectivity index (χ1v) is 6.91. The molecule has 0 bridgehead atoms. The van der Waals surface area contributed by atoms with Gasteiger partial charge in [-0.05, 0) is 25.0 Å². The number of rotatable bonds is 6. The number of nitrogens with zero attached hydrogens (tertiary/aromatic N) is 1. The van der Waals surface area contributed by atoms with Gasteiger partial charge in [0.05, 0.1) is 6.04 Å². The number of carbonyl (C=O) groups is 1. The fraction of sp³-hybridized carbons (Fsp3) is 0.909. The molecule has 0 radical (unpaired) electrons. The maximum absolute atomic E-state index is 12.0. The second-order valence-electron chi connectivity index (χ2n) is 4.21. The lowest BCUT2D eigenvalue weighted by Crippen LogP contribution is -2.46. The minimum absolute atomic E-state index is 0.0728. The highest BCUT2D eigenvalue weighted by Crippen LogP contribution is 2.21. The van der Waals surface area contributed by atoms with E-state index in [1.807, 2.05) is 23.7 Å². The Labute approximate surface area is 102 Å². The Hall–Kier alpha value is -0.260. The SMILES string of the molecule is COCCCC(N)C(=O)N(C)C1CCSC1. The largest absolute Gasteiger partial charge is 0.385 e. The summed E-state index contributed by atoms with van der Waals surface area (Å²) < 4.78 is 4.95. The van der Waals surface area contributed by atoms with E-state index in [-0.39, 0.29) is 11.9 Å². The molecule has 0 aliphatic carbocycles. The van der Waals surface area contributed by atoms with Gasteiger partial charge in [0, 0.05) is 32.6 Å². The van der Waals surface area contributed by atoms with E-state index in [4.69, 9.17) is 10.5 Å². The first-order valence-electron chi connectivity index (χ1n) is 5.75. The Balaban J connectivity index is 2.30. The van der Waals surface area contributed by atoms with Gasteiger partial charge in [-0.3, -0.25) is 4.79 Å². The standard InChI is InChI=1S/C11H22N2O2S/c1-13(9-5-7-16-8-9)11(14)10(12)4-3-6-15-2/h9-10H,3-8,12H2,1-2H3. The highest BCUT2D eigenvalue weighted by atomic mass is 32.2. The van der Waals surface area contributed by atoms with Crippen LogP contribution in [0.5, 0.6) is 0 Å². The molecule has 1 rings (SSSR count). The van der Waals surface area contributed by atoms with Crippen LogP contribution in [0.15, 0.2) is 0 Å². The molecule has 1 aliphatic rings. The Morgan fingerprint density at radius 3 is 3.00 bits per heavy atom. The number of amides is 1. The van der Waals surface area contributed by atoms with Crippen molar-refractivity contribution in [3.05, 3.63) is 0 Å².